The highest BCUT2D eigenvalue weighted by molar-refractivity contribution is 5.37. The van der Waals surface area contributed by atoms with Crippen molar-refractivity contribution in [1.82, 2.24) is 0 Å². The molecule has 14 heavy (non-hydrogen) atoms. The average Bonchev–Trinajstić information content (AvgIpc) is 2.16. The zero-order chi connectivity index (χ0) is 10.7. The van der Waals surface area contributed by atoms with Gasteiger partial charge in [-0.2, -0.15) is 0 Å². The lowest BCUT2D eigenvalue weighted by atomic mass is 9.92. The van der Waals surface area contributed by atoms with Crippen molar-refractivity contribution < 1.29 is 5.11 Å². The summed E-state index contributed by atoms with van der Waals surface area (Å²) in [6.07, 6.45) is 0.954. The van der Waals surface area contributed by atoms with Crippen LogP contribution in [0.15, 0.2) is 18.2 Å². The Morgan fingerprint density at radius 1 is 1.36 bits per heavy atom. The summed E-state index contributed by atoms with van der Waals surface area (Å²) < 4.78 is 0. The van der Waals surface area contributed by atoms with Gasteiger partial charge in [0.25, 0.3) is 0 Å². The average molecular weight is 193 g/mol. The minimum Gasteiger partial charge on any atom is -0.508 e. The van der Waals surface area contributed by atoms with Crippen molar-refractivity contribution >= 4 is 0 Å². The van der Waals surface area contributed by atoms with E-state index in [1.807, 2.05) is 6.07 Å². The number of phenolic OH excluding ortho intramolecular Hbond substituents is 1. The largest absolute Gasteiger partial charge is 0.508 e. The van der Waals surface area contributed by atoms with Crippen molar-refractivity contribution in [2.45, 2.75) is 33.2 Å². The van der Waals surface area contributed by atoms with Crippen LogP contribution in [0.3, 0.4) is 0 Å². The molecule has 0 bridgehead atoms. The molecular formula is C12H19NO. The molecule has 0 unspecified atom stereocenters. The lowest BCUT2D eigenvalue weighted by Crippen LogP contribution is -2.18. The molecule has 1 aromatic rings. The van der Waals surface area contributed by atoms with Gasteiger partial charge in [0.2, 0.25) is 0 Å². The fraction of sp³-hybridized carbons (Fsp3) is 0.500. The minimum absolute atomic E-state index is 0.0112. The smallest absolute Gasteiger partial charge is 0.115 e. The molecule has 0 spiro atoms. The molecule has 0 aliphatic carbocycles. The van der Waals surface area contributed by atoms with Gasteiger partial charge in [-0.05, 0) is 35.6 Å². The molecule has 3 N–H and O–H groups in total. The lowest BCUT2D eigenvalue weighted by Gasteiger charge is -2.19. The summed E-state index contributed by atoms with van der Waals surface area (Å²) in [4.78, 5) is 0. The SMILES string of the molecule is CCc1ccc(O)cc1[C@@H](N)C(C)C. The normalized spacial score (nSPS) is 13.2. The van der Waals surface area contributed by atoms with Gasteiger partial charge < -0.3 is 10.8 Å². The molecule has 0 aliphatic heterocycles. The highest BCUT2D eigenvalue weighted by atomic mass is 16.3. The van der Waals surface area contributed by atoms with E-state index in [0.29, 0.717) is 11.7 Å². The van der Waals surface area contributed by atoms with E-state index in [4.69, 9.17) is 5.73 Å². The first-order chi connectivity index (χ1) is 6.56. The van der Waals surface area contributed by atoms with Crippen LogP contribution >= 0.6 is 0 Å². The van der Waals surface area contributed by atoms with Crippen LogP contribution in [-0.4, -0.2) is 5.11 Å². The Bertz CT molecular complexity index is 307. The topological polar surface area (TPSA) is 46.2 Å². The van der Waals surface area contributed by atoms with Crippen LogP contribution in [0.2, 0.25) is 0 Å². The van der Waals surface area contributed by atoms with Crippen molar-refractivity contribution in [2.75, 3.05) is 0 Å². The standard InChI is InChI=1S/C12H19NO/c1-4-9-5-6-10(14)7-11(9)12(13)8(2)3/h5-8,12,14H,4,13H2,1-3H3/t12-/m0/s1. The zero-order valence-corrected chi connectivity index (χ0v) is 9.12. The molecule has 0 saturated carbocycles. The number of aryl methyl sites for hydroxylation is 1. The van der Waals surface area contributed by atoms with Crippen molar-refractivity contribution in [3.05, 3.63) is 29.3 Å². The zero-order valence-electron chi connectivity index (χ0n) is 9.12. The van der Waals surface area contributed by atoms with Gasteiger partial charge >= 0.3 is 0 Å². The van der Waals surface area contributed by atoms with E-state index in [9.17, 15) is 5.11 Å². The summed E-state index contributed by atoms with van der Waals surface area (Å²) in [5.41, 5.74) is 8.37. The molecule has 0 aromatic heterocycles. The fourth-order valence-corrected chi connectivity index (χ4v) is 1.57. The number of rotatable bonds is 3. The second kappa shape index (κ2) is 4.47. The minimum atomic E-state index is 0.0112. The molecule has 0 amide bonds. The molecule has 2 nitrogen and oxygen atoms in total. The third-order valence-electron chi connectivity index (χ3n) is 2.59. The van der Waals surface area contributed by atoms with E-state index in [-0.39, 0.29) is 6.04 Å². The second-order valence-electron chi connectivity index (χ2n) is 4.01. The van der Waals surface area contributed by atoms with Crippen LogP contribution < -0.4 is 5.73 Å². The van der Waals surface area contributed by atoms with Gasteiger partial charge in [0.05, 0.1) is 0 Å². The first-order valence-electron chi connectivity index (χ1n) is 5.13. The molecule has 78 valence electrons. The fourth-order valence-electron chi connectivity index (χ4n) is 1.57. The van der Waals surface area contributed by atoms with Gasteiger partial charge in [-0.1, -0.05) is 26.8 Å². The van der Waals surface area contributed by atoms with E-state index < -0.39 is 0 Å². The Balaban J connectivity index is 3.10. The van der Waals surface area contributed by atoms with Gasteiger partial charge in [0.15, 0.2) is 0 Å². The van der Waals surface area contributed by atoms with Crippen molar-refractivity contribution in [1.29, 1.82) is 0 Å². The van der Waals surface area contributed by atoms with Crippen LogP contribution in [0.25, 0.3) is 0 Å². The number of hydrogen-bond donors (Lipinski definition) is 2. The third kappa shape index (κ3) is 2.26. The summed E-state index contributed by atoms with van der Waals surface area (Å²) in [6, 6.07) is 5.46. The molecule has 0 saturated heterocycles. The highest BCUT2D eigenvalue weighted by Crippen LogP contribution is 2.26. The third-order valence-corrected chi connectivity index (χ3v) is 2.59. The van der Waals surface area contributed by atoms with Gasteiger partial charge in [0.1, 0.15) is 5.75 Å². The van der Waals surface area contributed by atoms with E-state index in [0.717, 1.165) is 12.0 Å². The summed E-state index contributed by atoms with van der Waals surface area (Å²) in [5.74, 6) is 0.690. The number of phenols is 1. The van der Waals surface area contributed by atoms with Crippen LogP contribution in [0.4, 0.5) is 0 Å². The van der Waals surface area contributed by atoms with Crippen LogP contribution in [0, 0.1) is 5.92 Å². The van der Waals surface area contributed by atoms with E-state index in [2.05, 4.69) is 20.8 Å². The summed E-state index contributed by atoms with van der Waals surface area (Å²) in [5, 5.41) is 9.41. The van der Waals surface area contributed by atoms with Crippen LogP contribution in [-0.2, 0) is 6.42 Å². The predicted molar refractivity (Wildman–Crippen MR) is 59.3 cm³/mol. The molecule has 2 heteroatoms. The Hall–Kier alpha value is -1.02. The molecular weight excluding hydrogens is 174 g/mol. The maximum Gasteiger partial charge on any atom is 0.115 e. The first kappa shape index (κ1) is 11.1. The van der Waals surface area contributed by atoms with E-state index in [1.165, 1.54) is 5.56 Å². The number of benzene rings is 1. The summed E-state index contributed by atoms with van der Waals surface area (Å²) >= 11 is 0. The summed E-state index contributed by atoms with van der Waals surface area (Å²) in [6.45, 7) is 6.28. The monoisotopic (exact) mass is 193 g/mol. The Labute approximate surface area is 85.8 Å². The quantitative estimate of drug-likeness (QED) is 0.775. The molecule has 1 rings (SSSR count). The van der Waals surface area contributed by atoms with Gasteiger partial charge in [-0.25, -0.2) is 0 Å². The first-order valence-corrected chi connectivity index (χ1v) is 5.13. The molecule has 1 aromatic carbocycles. The van der Waals surface area contributed by atoms with Gasteiger partial charge in [-0.3, -0.25) is 0 Å². The predicted octanol–water partition coefficient (Wildman–Crippen LogP) is 2.61. The lowest BCUT2D eigenvalue weighted by molar-refractivity contribution is 0.467. The molecule has 0 fully saturated rings. The number of hydrogen-bond acceptors (Lipinski definition) is 2. The Kier molecular flexibility index (Phi) is 3.53. The maximum atomic E-state index is 9.41. The number of nitrogens with two attached hydrogens (primary N) is 1. The summed E-state index contributed by atoms with van der Waals surface area (Å²) in [7, 11) is 0. The molecule has 0 radical (unpaired) electrons. The Morgan fingerprint density at radius 3 is 2.50 bits per heavy atom. The molecule has 0 heterocycles. The molecule has 1 atom stereocenters. The van der Waals surface area contributed by atoms with Crippen LogP contribution in [0.1, 0.15) is 37.9 Å². The molecule has 0 aliphatic rings. The van der Waals surface area contributed by atoms with Crippen molar-refractivity contribution in [2.24, 2.45) is 11.7 Å². The number of aromatic hydroxyl groups is 1. The van der Waals surface area contributed by atoms with Gasteiger partial charge in [0, 0.05) is 6.04 Å². The Morgan fingerprint density at radius 2 is 2.00 bits per heavy atom. The van der Waals surface area contributed by atoms with E-state index in [1.54, 1.807) is 12.1 Å². The highest BCUT2D eigenvalue weighted by Gasteiger charge is 2.14. The van der Waals surface area contributed by atoms with Crippen molar-refractivity contribution in [3.8, 4) is 5.75 Å². The van der Waals surface area contributed by atoms with E-state index >= 15 is 0 Å². The second-order valence-corrected chi connectivity index (χ2v) is 4.01. The van der Waals surface area contributed by atoms with Gasteiger partial charge in [-0.15, -0.1) is 0 Å². The maximum absolute atomic E-state index is 9.41. The van der Waals surface area contributed by atoms with Crippen LogP contribution in [0.5, 0.6) is 5.75 Å². The van der Waals surface area contributed by atoms with Crippen molar-refractivity contribution in [3.63, 3.8) is 0 Å².